The number of rotatable bonds is 5. The summed E-state index contributed by atoms with van der Waals surface area (Å²) >= 11 is 1.52. The number of nitrogens with zero attached hydrogens (tertiary/aromatic N) is 2. The number of fused-ring (bicyclic) bond motifs is 1. The maximum Gasteiger partial charge on any atom is 0.212 e. The standard InChI is InChI=1S/C19H18FN3O2S/c20-14-5-3-13(4-6-14)17-9-15-16(8-12-2-1-7-25-10-12)22-23-19(21-11-24)18(15)26-17/h3-6,9,11-12H,1-2,7-8,10H2,(H,21,23,24). The minimum atomic E-state index is -0.264. The summed E-state index contributed by atoms with van der Waals surface area (Å²) in [6.45, 7) is 1.57. The molecular weight excluding hydrogens is 353 g/mol. The summed E-state index contributed by atoms with van der Waals surface area (Å²) in [5.74, 6) is 0.622. The van der Waals surface area contributed by atoms with Crippen LogP contribution >= 0.6 is 11.3 Å². The summed E-state index contributed by atoms with van der Waals surface area (Å²) in [6.07, 6.45) is 3.59. The summed E-state index contributed by atoms with van der Waals surface area (Å²) in [7, 11) is 0. The fourth-order valence-corrected chi connectivity index (χ4v) is 4.42. The van der Waals surface area contributed by atoms with E-state index < -0.39 is 0 Å². The van der Waals surface area contributed by atoms with E-state index in [1.807, 2.05) is 0 Å². The SMILES string of the molecule is O=CNc1nnc(CC2CCCOC2)c2cc(-c3ccc(F)cc3)sc12. The molecule has 26 heavy (non-hydrogen) atoms. The summed E-state index contributed by atoms with van der Waals surface area (Å²) in [5, 5.41) is 12.2. The lowest BCUT2D eigenvalue weighted by Crippen LogP contribution is -2.20. The van der Waals surface area contributed by atoms with E-state index in [-0.39, 0.29) is 5.82 Å². The highest BCUT2D eigenvalue weighted by Crippen LogP contribution is 2.38. The first kappa shape index (κ1) is 17.1. The zero-order valence-electron chi connectivity index (χ0n) is 14.1. The molecule has 4 rings (SSSR count). The van der Waals surface area contributed by atoms with Gasteiger partial charge in [0, 0.05) is 23.5 Å². The van der Waals surface area contributed by atoms with Crippen LogP contribution in [0.25, 0.3) is 20.5 Å². The topological polar surface area (TPSA) is 64.1 Å². The molecule has 1 atom stereocenters. The van der Waals surface area contributed by atoms with Gasteiger partial charge in [0.15, 0.2) is 5.82 Å². The van der Waals surface area contributed by atoms with Gasteiger partial charge in [-0.05, 0) is 48.9 Å². The first-order chi connectivity index (χ1) is 12.7. The number of aromatic nitrogens is 2. The van der Waals surface area contributed by atoms with Crippen molar-refractivity contribution < 1.29 is 13.9 Å². The van der Waals surface area contributed by atoms with E-state index in [1.54, 1.807) is 12.1 Å². The lowest BCUT2D eigenvalue weighted by atomic mass is 9.95. The summed E-state index contributed by atoms with van der Waals surface area (Å²) in [6, 6.07) is 8.45. The highest BCUT2D eigenvalue weighted by molar-refractivity contribution is 7.22. The Morgan fingerprint density at radius 2 is 2.15 bits per heavy atom. The Bertz CT molecular complexity index is 920. The summed E-state index contributed by atoms with van der Waals surface area (Å²) in [4.78, 5) is 11.9. The van der Waals surface area contributed by atoms with Gasteiger partial charge in [0.05, 0.1) is 10.4 Å². The van der Waals surface area contributed by atoms with Crippen LogP contribution < -0.4 is 5.32 Å². The van der Waals surface area contributed by atoms with Crippen molar-refractivity contribution in [2.24, 2.45) is 5.92 Å². The molecule has 3 heterocycles. The highest BCUT2D eigenvalue weighted by atomic mass is 32.1. The van der Waals surface area contributed by atoms with Crippen molar-refractivity contribution in [3.8, 4) is 10.4 Å². The number of hydrogen-bond donors (Lipinski definition) is 1. The Balaban J connectivity index is 1.76. The minimum absolute atomic E-state index is 0.264. The van der Waals surface area contributed by atoms with E-state index in [9.17, 15) is 9.18 Å². The number of ether oxygens (including phenoxy) is 1. The molecule has 0 aliphatic carbocycles. The van der Waals surface area contributed by atoms with Crippen molar-refractivity contribution in [1.29, 1.82) is 0 Å². The third-order valence-corrected chi connectivity index (χ3v) is 5.78. The molecule has 134 valence electrons. The molecule has 1 aliphatic heterocycles. The van der Waals surface area contributed by atoms with Crippen LogP contribution in [0.4, 0.5) is 10.2 Å². The number of nitrogens with one attached hydrogen (secondary N) is 1. The van der Waals surface area contributed by atoms with Gasteiger partial charge in [-0.2, -0.15) is 5.10 Å². The van der Waals surface area contributed by atoms with Crippen LogP contribution in [0.2, 0.25) is 0 Å². The maximum absolute atomic E-state index is 13.2. The number of hydrogen-bond acceptors (Lipinski definition) is 5. The van der Waals surface area contributed by atoms with Crippen molar-refractivity contribution in [3.05, 3.63) is 41.8 Å². The second-order valence-electron chi connectivity index (χ2n) is 6.41. The largest absolute Gasteiger partial charge is 0.381 e. The van der Waals surface area contributed by atoms with Crippen molar-refractivity contribution in [2.45, 2.75) is 19.3 Å². The second-order valence-corrected chi connectivity index (χ2v) is 7.46. The third kappa shape index (κ3) is 3.45. The number of halogens is 1. The van der Waals surface area contributed by atoms with Crippen LogP contribution in [0, 0.1) is 11.7 Å². The molecule has 1 N–H and O–H groups in total. The molecule has 1 saturated heterocycles. The number of anilines is 1. The smallest absolute Gasteiger partial charge is 0.212 e. The van der Waals surface area contributed by atoms with Gasteiger partial charge >= 0.3 is 0 Å². The molecule has 0 saturated carbocycles. The molecule has 1 unspecified atom stereocenters. The number of benzene rings is 1. The van der Waals surface area contributed by atoms with Gasteiger partial charge in [-0.25, -0.2) is 4.39 Å². The number of carbonyl (C=O) groups is 1. The molecule has 0 radical (unpaired) electrons. The molecule has 1 aromatic carbocycles. The molecule has 1 aliphatic rings. The fourth-order valence-electron chi connectivity index (χ4n) is 3.29. The summed E-state index contributed by atoms with van der Waals surface area (Å²) < 4.78 is 19.7. The molecule has 1 amide bonds. The van der Waals surface area contributed by atoms with Crippen LogP contribution in [0.5, 0.6) is 0 Å². The van der Waals surface area contributed by atoms with Gasteiger partial charge < -0.3 is 10.1 Å². The zero-order chi connectivity index (χ0) is 17.9. The van der Waals surface area contributed by atoms with Gasteiger partial charge in [0.25, 0.3) is 0 Å². The molecule has 5 nitrogen and oxygen atoms in total. The minimum Gasteiger partial charge on any atom is -0.381 e. The van der Waals surface area contributed by atoms with E-state index in [0.717, 1.165) is 58.7 Å². The quantitative estimate of drug-likeness (QED) is 0.688. The van der Waals surface area contributed by atoms with Gasteiger partial charge in [-0.1, -0.05) is 12.1 Å². The van der Waals surface area contributed by atoms with Crippen molar-refractivity contribution in [3.63, 3.8) is 0 Å². The molecule has 2 aromatic heterocycles. The van der Waals surface area contributed by atoms with Gasteiger partial charge in [-0.3, -0.25) is 4.79 Å². The molecule has 3 aromatic rings. The average Bonchev–Trinajstić information content (AvgIpc) is 3.11. The average molecular weight is 371 g/mol. The second kappa shape index (κ2) is 7.47. The van der Waals surface area contributed by atoms with Gasteiger partial charge in [0.2, 0.25) is 6.41 Å². The number of thiophene rings is 1. The lowest BCUT2D eigenvalue weighted by Gasteiger charge is -2.21. The Kier molecular flexibility index (Phi) is 4.90. The van der Waals surface area contributed by atoms with E-state index in [1.165, 1.54) is 23.5 Å². The van der Waals surface area contributed by atoms with Crippen molar-refractivity contribution in [2.75, 3.05) is 18.5 Å². The van der Waals surface area contributed by atoms with Crippen LogP contribution in [0.3, 0.4) is 0 Å². The first-order valence-electron chi connectivity index (χ1n) is 8.57. The van der Waals surface area contributed by atoms with Crippen molar-refractivity contribution in [1.82, 2.24) is 10.2 Å². The zero-order valence-corrected chi connectivity index (χ0v) is 14.9. The van der Waals surface area contributed by atoms with E-state index >= 15 is 0 Å². The van der Waals surface area contributed by atoms with Gasteiger partial charge in [-0.15, -0.1) is 16.4 Å². The van der Waals surface area contributed by atoms with E-state index in [2.05, 4.69) is 21.6 Å². The molecule has 7 heteroatoms. The predicted molar refractivity (Wildman–Crippen MR) is 99.7 cm³/mol. The van der Waals surface area contributed by atoms with Gasteiger partial charge in [0.1, 0.15) is 5.82 Å². The van der Waals surface area contributed by atoms with Crippen LogP contribution in [-0.4, -0.2) is 29.8 Å². The van der Waals surface area contributed by atoms with Crippen LogP contribution in [0.1, 0.15) is 18.5 Å². The van der Waals surface area contributed by atoms with E-state index in [0.29, 0.717) is 18.1 Å². The Labute approximate surface area is 154 Å². The monoisotopic (exact) mass is 371 g/mol. The third-order valence-electron chi connectivity index (χ3n) is 4.59. The first-order valence-corrected chi connectivity index (χ1v) is 9.39. The maximum atomic E-state index is 13.2. The highest BCUT2D eigenvalue weighted by Gasteiger charge is 2.20. The lowest BCUT2D eigenvalue weighted by molar-refractivity contribution is -0.105. The van der Waals surface area contributed by atoms with E-state index in [4.69, 9.17) is 4.74 Å². The summed E-state index contributed by atoms with van der Waals surface area (Å²) in [5.41, 5.74) is 1.84. The number of carbonyl (C=O) groups excluding carboxylic acids is 1. The Morgan fingerprint density at radius 3 is 2.88 bits per heavy atom. The fraction of sp³-hybridized carbons (Fsp3) is 0.316. The van der Waals surface area contributed by atoms with Crippen LogP contribution in [-0.2, 0) is 16.0 Å². The molecular formula is C19H18FN3O2S. The van der Waals surface area contributed by atoms with Crippen molar-refractivity contribution >= 4 is 33.7 Å². The normalized spacial score (nSPS) is 17.3. The number of amides is 1. The van der Waals surface area contributed by atoms with Crippen LogP contribution in [0.15, 0.2) is 30.3 Å². The molecule has 0 spiro atoms. The Hall–Kier alpha value is -2.38. The predicted octanol–water partition coefficient (Wildman–Crippen LogP) is 4.03. The Morgan fingerprint density at radius 1 is 1.31 bits per heavy atom. The molecule has 0 bridgehead atoms. The molecule has 1 fully saturated rings.